The number of fused-ring (bicyclic) bond motifs is 1. The first-order valence-corrected chi connectivity index (χ1v) is 6.18. The number of thiol groups is 1. The molecule has 1 aromatic carbocycles. The number of carbonyl (C=O) groups excluding carboxylic acids is 1. The summed E-state index contributed by atoms with van der Waals surface area (Å²) in [6.07, 6.45) is 2.00. The van der Waals surface area contributed by atoms with Gasteiger partial charge in [0.2, 0.25) is 0 Å². The SMILES string of the molecule is COCCCc1ccc2c(c1)CN(S)CC2=O. The molecule has 3 nitrogen and oxygen atoms in total. The summed E-state index contributed by atoms with van der Waals surface area (Å²) in [7, 11) is 1.71. The van der Waals surface area contributed by atoms with Crippen molar-refractivity contribution < 1.29 is 9.53 Å². The Kier molecular flexibility index (Phi) is 4.20. The van der Waals surface area contributed by atoms with Gasteiger partial charge in [-0.05, 0) is 24.0 Å². The fourth-order valence-electron chi connectivity index (χ4n) is 2.13. The lowest BCUT2D eigenvalue weighted by Crippen LogP contribution is -2.28. The number of Topliss-reactive ketones (excluding diaryl/α,β-unsaturated/α-hetero) is 1. The van der Waals surface area contributed by atoms with Crippen LogP contribution in [0.15, 0.2) is 18.2 Å². The molecule has 0 saturated heterocycles. The van der Waals surface area contributed by atoms with Crippen LogP contribution in [0.4, 0.5) is 0 Å². The summed E-state index contributed by atoms with van der Waals surface area (Å²) in [6.45, 7) is 1.91. The highest BCUT2D eigenvalue weighted by atomic mass is 32.1. The third kappa shape index (κ3) is 3.09. The van der Waals surface area contributed by atoms with Gasteiger partial charge in [-0.25, -0.2) is 4.31 Å². The van der Waals surface area contributed by atoms with E-state index in [1.807, 2.05) is 12.1 Å². The Bertz CT molecular complexity index is 420. The second-order valence-corrected chi connectivity index (χ2v) is 4.90. The minimum Gasteiger partial charge on any atom is -0.385 e. The summed E-state index contributed by atoms with van der Waals surface area (Å²) >= 11 is 4.26. The first-order valence-electron chi connectivity index (χ1n) is 5.78. The standard InChI is InChI=1S/C13H17NO2S/c1-16-6-2-3-10-4-5-12-11(7-10)8-14(17)9-13(12)15/h4-5,7,17H,2-3,6,8-9H2,1H3. The summed E-state index contributed by atoms with van der Waals surface area (Å²) in [5.74, 6) is 0.157. The first-order chi connectivity index (χ1) is 8.20. The van der Waals surface area contributed by atoms with Gasteiger partial charge in [-0.15, -0.1) is 0 Å². The van der Waals surface area contributed by atoms with Crippen molar-refractivity contribution in [3.05, 3.63) is 34.9 Å². The molecule has 0 saturated carbocycles. The minimum absolute atomic E-state index is 0.157. The molecule has 1 heterocycles. The summed E-state index contributed by atoms with van der Waals surface area (Å²) in [6, 6.07) is 6.10. The molecule has 0 aromatic heterocycles. The van der Waals surface area contributed by atoms with E-state index >= 15 is 0 Å². The minimum atomic E-state index is 0.157. The van der Waals surface area contributed by atoms with Crippen molar-refractivity contribution in [1.29, 1.82) is 0 Å². The summed E-state index contributed by atoms with van der Waals surface area (Å²) < 4.78 is 6.79. The van der Waals surface area contributed by atoms with Crippen molar-refractivity contribution in [2.75, 3.05) is 20.3 Å². The lowest BCUT2D eigenvalue weighted by molar-refractivity contribution is 0.0956. The van der Waals surface area contributed by atoms with Crippen LogP contribution in [0.1, 0.15) is 27.9 Å². The van der Waals surface area contributed by atoms with Crippen molar-refractivity contribution in [3.63, 3.8) is 0 Å². The van der Waals surface area contributed by atoms with E-state index in [1.54, 1.807) is 11.4 Å². The zero-order valence-electron chi connectivity index (χ0n) is 9.98. The normalized spacial score (nSPS) is 16.0. The number of hydrogen-bond acceptors (Lipinski definition) is 4. The maximum absolute atomic E-state index is 11.8. The molecule has 2 rings (SSSR count). The van der Waals surface area contributed by atoms with Gasteiger partial charge < -0.3 is 4.74 Å². The molecular weight excluding hydrogens is 234 g/mol. The third-order valence-electron chi connectivity index (χ3n) is 2.96. The van der Waals surface area contributed by atoms with E-state index in [1.165, 1.54) is 5.56 Å². The number of benzene rings is 1. The van der Waals surface area contributed by atoms with Crippen molar-refractivity contribution in [2.24, 2.45) is 0 Å². The fraction of sp³-hybridized carbons (Fsp3) is 0.462. The number of carbonyl (C=O) groups is 1. The van der Waals surface area contributed by atoms with Crippen molar-refractivity contribution in [2.45, 2.75) is 19.4 Å². The van der Waals surface area contributed by atoms with Gasteiger partial charge in [0.25, 0.3) is 0 Å². The Morgan fingerprint density at radius 2 is 2.24 bits per heavy atom. The van der Waals surface area contributed by atoms with E-state index in [9.17, 15) is 4.79 Å². The smallest absolute Gasteiger partial charge is 0.178 e. The molecule has 0 spiro atoms. The number of rotatable bonds is 4. The second kappa shape index (κ2) is 5.67. The monoisotopic (exact) mass is 251 g/mol. The van der Waals surface area contributed by atoms with E-state index in [0.717, 1.165) is 37.1 Å². The van der Waals surface area contributed by atoms with Gasteiger partial charge in [0.1, 0.15) is 0 Å². The van der Waals surface area contributed by atoms with Gasteiger partial charge >= 0.3 is 0 Å². The fourth-order valence-corrected chi connectivity index (χ4v) is 2.41. The predicted octanol–water partition coefficient (Wildman–Crippen LogP) is 2.11. The average Bonchev–Trinajstić information content (AvgIpc) is 2.28. The molecule has 0 fully saturated rings. The Labute approximate surface area is 107 Å². The van der Waals surface area contributed by atoms with E-state index in [-0.39, 0.29) is 5.78 Å². The van der Waals surface area contributed by atoms with Crippen LogP contribution in [0, 0.1) is 0 Å². The molecule has 0 bridgehead atoms. The zero-order valence-corrected chi connectivity index (χ0v) is 10.9. The Hall–Kier alpha value is -0.840. The van der Waals surface area contributed by atoms with Gasteiger partial charge in [0, 0.05) is 25.8 Å². The van der Waals surface area contributed by atoms with Gasteiger partial charge in [-0.2, -0.15) is 0 Å². The molecular formula is C13H17NO2S. The maximum atomic E-state index is 11.8. The molecule has 0 unspecified atom stereocenters. The predicted molar refractivity (Wildman–Crippen MR) is 70.4 cm³/mol. The number of ketones is 1. The molecule has 17 heavy (non-hydrogen) atoms. The van der Waals surface area contributed by atoms with E-state index in [2.05, 4.69) is 18.9 Å². The summed E-state index contributed by atoms with van der Waals surface area (Å²) in [5, 5.41) is 0. The lowest BCUT2D eigenvalue weighted by Gasteiger charge is -2.23. The van der Waals surface area contributed by atoms with Crippen LogP contribution in [0.25, 0.3) is 0 Å². The number of ether oxygens (including phenoxy) is 1. The maximum Gasteiger partial charge on any atom is 0.178 e. The third-order valence-corrected chi connectivity index (χ3v) is 3.25. The van der Waals surface area contributed by atoms with E-state index < -0.39 is 0 Å². The second-order valence-electron chi connectivity index (χ2n) is 4.33. The molecule has 1 aliphatic heterocycles. The highest BCUT2D eigenvalue weighted by Crippen LogP contribution is 2.21. The summed E-state index contributed by atoms with van der Waals surface area (Å²) in [4.78, 5) is 11.8. The highest BCUT2D eigenvalue weighted by Gasteiger charge is 2.21. The Morgan fingerprint density at radius 3 is 3.00 bits per heavy atom. The topological polar surface area (TPSA) is 29.5 Å². The zero-order chi connectivity index (χ0) is 12.3. The van der Waals surface area contributed by atoms with Gasteiger partial charge in [0.05, 0.1) is 6.54 Å². The van der Waals surface area contributed by atoms with Crippen molar-refractivity contribution >= 4 is 18.6 Å². The first kappa shape index (κ1) is 12.6. The quantitative estimate of drug-likeness (QED) is 0.656. The molecule has 0 N–H and O–H groups in total. The van der Waals surface area contributed by atoms with Crippen LogP contribution >= 0.6 is 12.8 Å². The number of methoxy groups -OCH3 is 1. The molecule has 0 aliphatic carbocycles. The Balaban J connectivity index is 2.13. The van der Waals surface area contributed by atoms with Crippen LogP contribution in [0.3, 0.4) is 0 Å². The number of nitrogens with zero attached hydrogens (tertiary/aromatic N) is 1. The van der Waals surface area contributed by atoms with E-state index in [0.29, 0.717) is 6.54 Å². The summed E-state index contributed by atoms with van der Waals surface area (Å²) in [5.41, 5.74) is 3.20. The van der Waals surface area contributed by atoms with Crippen LogP contribution < -0.4 is 0 Å². The Morgan fingerprint density at radius 1 is 1.41 bits per heavy atom. The molecule has 1 aliphatic rings. The number of hydrogen-bond donors (Lipinski definition) is 1. The molecule has 1 aromatic rings. The van der Waals surface area contributed by atoms with Crippen LogP contribution in [-0.2, 0) is 17.7 Å². The lowest BCUT2D eigenvalue weighted by atomic mass is 9.96. The van der Waals surface area contributed by atoms with Crippen molar-refractivity contribution in [3.8, 4) is 0 Å². The van der Waals surface area contributed by atoms with Crippen LogP contribution in [0.2, 0.25) is 0 Å². The average molecular weight is 251 g/mol. The molecule has 0 radical (unpaired) electrons. The molecule has 0 atom stereocenters. The molecule has 92 valence electrons. The highest BCUT2D eigenvalue weighted by molar-refractivity contribution is 7.77. The van der Waals surface area contributed by atoms with Crippen LogP contribution in [0.5, 0.6) is 0 Å². The molecule has 4 heteroatoms. The molecule has 0 amide bonds. The van der Waals surface area contributed by atoms with E-state index in [4.69, 9.17) is 4.74 Å². The van der Waals surface area contributed by atoms with Gasteiger partial charge in [-0.3, -0.25) is 4.79 Å². The van der Waals surface area contributed by atoms with Gasteiger partial charge in [0.15, 0.2) is 5.78 Å². The number of aryl methyl sites for hydroxylation is 1. The largest absolute Gasteiger partial charge is 0.385 e. The van der Waals surface area contributed by atoms with Crippen LogP contribution in [-0.4, -0.2) is 30.3 Å². The van der Waals surface area contributed by atoms with Gasteiger partial charge in [-0.1, -0.05) is 31.0 Å². The van der Waals surface area contributed by atoms with Crippen molar-refractivity contribution in [1.82, 2.24) is 4.31 Å².